The van der Waals surface area contributed by atoms with Crippen LogP contribution in [0.25, 0.3) is 0 Å². The van der Waals surface area contributed by atoms with E-state index in [4.69, 9.17) is 6.42 Å². The average molecular weight is 137 g/mol. The predicted octanol–water partition coefficient (Wildman–Crippen LogP) is 0.344. The summed E-state index contributed by atoms with van der Waals surface area (Å²) in [4.78, 5) is 12.7. The van der Waals surface area contributed by atoms with Gasteiger partial charge in [-0.2, -0.15) is 0 Å². The van der Waals surface area contributed by atoms with Crippen LogP contribution in [0.1, 0.15) is 6.42 Å². The molecule has 0 aromatic carbocycles. The van der Waals surface area contributed by atoms with Gasteiger partial charge in [-0.05, 0) is 6.42 Å². The minimum Gasteiger partial charge on any atom is -0.349 e. The van der Waals surface area contributed by atoms with E-state index in [0.29, 0.717) is 0 Å². The van der Waals surface area contributed by atoms with Crippen molar-refractivity contribution in [1.82, 2.24) is 4.90 Å². The van der Waals surface area contributed by atoms with E-state index in [1.165, 1.54) is 0 Å². The summed E-state index contributed by atoms with van der Waals surface area (Å²) in [5, 5.41) is 0. The Balaban J connectivity index is 2.42. The molecule has 0 aromatic heterocycles. The maximum absolute atomic E-state index is 11.1. The molecule has 0 radical (unpaired) electrons. The van der Waals surface area contributed by atoms with Crippen LogP contribution in [0.15, 0.2) is 0 Å². The monoisotopic (exact) mass is 137 g/mol. The topological polar surface area (TPSA) is 20.3 Å². The third kappa shape index (κ3) is 1.13. The van der Waals surface area contributed by atoms with Crippen LogP contribution in [0.5, 0.6) is 0 Å². The average Bonchev–Trinajstić information content (AvgIpc) is 2.64. The van der Waals surface area contributed by atoms with Crippen molar-refractivity contribution in [2.75, 3.05) is 14.1 Å². The highest BCUT2D eigenvalue weighted by atomic mass is 16.2. The van der Waals surface area contributed by atoms with E-state index in [1.54, 1.807) is 19.0 Å². The Morgan fingerprint density at radius 3 is 2.60 bits per heavy atom. The molecule has 1 amide bonds. The SMILES string of the molecule is C#C[C@@H]1C[C@H]1C(=O)N(C)C. The van der Waals surface area contributed by atoms with E-state index in [2.05, 4.69) is 5.92 Å². The minimum absolute atomic E-state index is 0.125. The second kappa shape index (κ2) is 2.34. The van der Waals surface area contributed by atoms with Gasteiger partial charge in [-0.15, -0.1) is 12.3 Å². The molecular formula is C8H11NO. The molecule has 54 valence electrons. The van der Waals surface area contributed by atoms with Crippen LogP contribution in [0.3, 0.4) is 0 Å². The molecule has 1 rings (SSSR count). The predicted molar refractivity (Wildman–Crippen MR) is 39.1 cm³/mol. The lowest BCUT2D eigenvalue weighted by Gasteiger charge is -2.07. The largest absolute Gasteiger partial charge is 0.349 e. The molecule has 1 saturated carbocycles. The lowest BCUT2D eigenvalue weighted by Crippen LogP contribution is -2.23. The number of terminal acetylenes is 1. The standard InChI is InChI=1S/C8H11NO/c1-4-6-5-7(6)8(10)9(2)3/h1,6-7H,5H2,2-3H3/t6-,7-/m1/s1. The van der Waals surface area contributed by atoms with Gasteiger partial charge in [0.15, 0.2) is 0 Å². The van der Waals surface area contributed by atoms with Crippen molar-refractivity contribution in [1.29, 1.82) is 0 Å². The van der Waals surface area contributed by atoms with Crippen molar-refractivity contribution in [3.8, 4) is 12.3 Å². The van der Waals surface area contributed by atoms with Gasteiger partial charge in [0.25, 0.3) is 0 Å². The van der Waals surface area contributed by atoms with E-state index in [1.807, 2.05) is 0 Å². The molecule has 1 aliphatic rings. The summed E-state index contributed by atoms with van der Waals surface area (Å²) in [6.07, 6.45) is 6.02. The highest BCUT2D eigenvalue weighted by Crippen LogP contribution is 2.38. The van der Waals surface area contributed by atoms with Crippen LogP contribution >= 0.6 is 0 Å². The first-order valence-corrected chi connectivity index (χ1v) is 3.34. The molecule has 2 nitrogen and oxygen atoms in total. The summed E-state index contributed by atoms with van der Waals surface area (Å²) >= 11 is 0. The fraction of sp³-hybridized carbons (Fsp3) is 0.625. The van der Waals surface area contributed by atoms with Gasteiger partial charge in [-0.25, -0.2) is 0 Å². The highest BCUT2D eigenvalue weighted by molar-refractivity contribution is 5.81. The zero-order valence-corrected chi connectivity index (χ0v) is 6.29. The van der Waals surface area contributed by atoms with Crippen LogP contribution in [0, 0.1) is 24.2 Å². The van der Waals surface area contributed by atoms with Gasteiger partial charge in [0.05, 0.1) is 5.92 Å². The smallest absolute Gasteiger partial charge is 0.226 e. The third-order valence-electron chi connectivity index (χ3n) is 1.76. The molecule has 0 aromatic rings. The van der Waals surface area contributed by atoms with Gasteiger partial charge < -0.3 is 4.90 Å². The number of hydrogen-bond acceptors (Lipinski definition) is 1. The fourth-order valence-corrected chi connectivity index (χ4v) is 0.984. The highest BCUT2D eigenvalue weighted by Gasteiger charge is 2.42. The summed E-state index contributed by atoms with van der Waals surface area (Å²) in [5.41, 5.74) is 0. The van der Waals surface area contributed by atoms with Crippen molar-refractivity contribution in [3.63, 3.8) is 0 Å². The van der Waals surface area contributed by atoms with Crippen LogP contribution in [0.4, 0.5) is 0 Å². The van der Waals surface area contributed by atoms with E-state index < -0.39 is 0 Å². The summed E-state index contributed by atoms with van der Waals surface area (Å²) in [6.45, 7) is 0. The minimum atomic E-state index is 0.125. The van der Waals surface area contributed by atoms with E-state index in [-0.39, 0.29) is 17.7 Å². The molecule has 0 N–H and O–H groups in total. The van der Waals surface area contributed by atoms with Crippen molar-refractivity contribution in [2.24, 2.45) is 11.8 Å². The number of nitrogens with zero attached hydrogens (tertiary/aromatic N) is 1. The number of carbonyl (C=O) groups excluding carboxylic acids is 1. The zero-order valence-electron chi connectivity index (χ0n) is 6.29. The molecule has 2 heteroatoms. The van der Waals surface area contributed by atoms with Gasteiger partial charge in [0, 0.05) is 20.0 Å². The maximum Gasteiger partial charge on any atom is 0.226 e. The summed E-state index contributed by atoms with van der Waals surface area (Å²) in [5.74, 6) is 3.09. The lowest BCUT2D eigenvalue weighted by atomic mass is 10.3. The Bertz CT molecular complexity index is 190. The summed E-state index contributed by atoms with van der Waals surface area (Å²) in [6, 6.07) is 0. The first-order chi connectivity index (χ1) is 4.66. The number of rotatable bonds is 1. The van der Waals surface area contributed by atoms with E-state index in [0.717, 1.165) is 6.42 Å². The fourth-order valence-electron chi connectivity index (χ4n) is 0.984. The molecule has 0 saturated heterocycles. The first kappa shape index (κ1) is 7.14. The van der Waals surface area contributed by atoms with Crippen molar-refractivity contribution < 1.29 is 4.79 Å². The number of carbonyl (C=O) groups is 1. The van der Waals surface area contributed by atoms with Crippen LogP contribution in [0.2, 0.25) is 0 Å². The molecule has 0 spiro atoms. The summed E-state index contributed by atoms with van der Waals surface area (Å²) in [7, 11) is 3.52. The van der Waals surface area contributed by atoms with Crippen molar-refractivity contribution in [3.05, 3.63) is 0 Å². The van der Waals surface area contributed by atoms with Crippen LogP contribution < -0.4 is 0 Å². The van der Waals surface area contributed by atoms with Gasteiger partial charge in [-0.1, -0.05) is 0 Å². The second-order valence-corrected chi connectivity index (χ2v) is 2.85. The van der Waals surface area contributed by atoms with Crippen molar-refractivity contribution >= 4 is 5.91 Å². The first-order valence-electron chi connectivity index (χ1n) is 3.34. The Hall–Kier alpha value is -0.970. The molecule has 1 fully saturated rings. The molecule has 1 aliphatic carbocycles. The van der Waals surface area contributed by atoms with Crippen LogP contribution in [-0.4, -0.2) is 24.9 Å². The maximum atomic E-state index is 11.1. The van der Waals surface area contributed by atoms with Gasteiger partial charge in [0.2, 0.25) is 5.91 Å². The second-order valence-electron chi connectivity index (χ2n) is 2.85. The van der Waals surface area contributed by atoms with E-state index >= 15 is 0 Å². The molecule has 0 heterocycles. The molecule has 2 atom stereocenters. The van der Waals surface area contributed by atoms with E-state index in [9.17, 15) is 4.79 Å². The van der Waals surface area contributed by atoms with Gasteiger partial charge >= 0.3 is 0 Å². The van der Waals surface area contributed by atoms with Gasteiger partial charge in [-0.3, -0.25) is 4.79 Å². The number of amides is 1. The van der Waals surface area contributed by atoms with Crippen molar-refractivity contribution in [2.45, 2.75) is 6.42 Å². The summed E-state index contributed by atoms with van der Waals surface area (Å²) < 4.78 is 0. The number of hydrogen-bond donors (Lipinski definition) is 0. The molecule has 0 aliphatic heterocycles. The Morgan fingerprint density at radius 2 is 2.30 bits per heavy atom. The Labute approximate surface area is 61.2 Å². The molecule has 10 heavy (non-hydrogen) atoms. The normalized spacial score (nSPS) is 28.9. The lowest BCUT2D eigenvalue weighted by molar-refractivity contribution is -0.130. The zero-order chi connectivity index (χ0) is 7.72. The third-order valence-corrected chi connectivity index (χ3v) is 1.76. The van der Waals surface area contributed by atoms with Gasteiger partial charge in [0.1, 0.15) is 0 Å². The molecule has 0 bridgehead atoms. The Morgan fingerprint density at radius 1 is 1.70 bits per heavy atom. The quantitative estimate of drug-likeness (QED) is 0.477. The molecule has 0 unspecified atom stereocenters. The molecular weight excluding hydrogens is 126 g/mol. The van der Waals surface area contributed by atoms with Crippen LogP contribution in [-0.2, 0) is 4.79 Å². The Kier molecular flexibility index (Phi) is 1.67.